The van der Waals surface area contributed by atoms with Crippen LogP contribution < -0.4 is 5.32 Å². The van der Waals surface area contributed by atoms with Crippen LogP contribution in [0.25, 0.3) is 5.78 Å². The third-order valence-corrected chi connectivity index (χ3v) is 2.47. The van der Waals surface area contributed by atoms with Crippen molar-refractivity contribution in [2.75, 3.05) is 11.9 Å². The number of rotatable bonds is 5. The molecule has 0 bridgehead atoms. The van der Waals surface area contributed by atoms with E-state index in [0.29, 0.717) is 10.9 Å². The molecule has 0 unspecified atom stereocenters. The zero-order valence-corrected chi connectivity index (χ0v) is 9.98. The predicted octanol–water partition coefficient (Wildman–Crippen LogP) is 1.99. The SMILES string of the molecule is C#CCCCCNc1cc(Cl)nc2ncnn12. The van der Waals surface area contributed by atoms with Crippen LogP contribution in [-0.2, 0) is 0 Å². The molecule has 2 aromatic rings. The van der Waals surface area contributed by atoms with E-state index in [4.69, 9.17) is 18.0 Å². The minimum atomic E-state index is 0.400. The van der Waals surface area contributed by atoms with Gasteiger partial charge < -0.3 is 5.32 Å². The van der Waals surface area contributed by atoms with Gasteiger partial charge in [-0.05, 0) is 12.8 Å². The van der Waals surface area contributed by atoms with Crippen molar-refractivity contribution in [3.8, 4) is 12.3 Å². The molecular formula is C11H12ClN5. The quantitative estimate of drug-likeness (QED) is 0.500. The van der Waals surface area contributed by atoms with Gasteiger partial charge in [-0.1, -0.05) is 11.6 Å². The van der Waals surface area contributed by atoms with Crippen molar-refractivity contribution in [1.82, 2.24) is 19.6 Å². The Morgan fingerprint density at radius 3 is 3.18 bits per heavy atom. The standard InChI is InChI=1S/C11H12ClN5/c1-2-3-4-5-6-13-10-7-9(12)16-11-14-8-15-17(10)11/h1,7-8,13H,3-6H2. The van der Waals surface area contributed by atoms with E-state index in [-0.39, 0.29) is 0 Å². The van der Waals surface area contributed by atoms with Gasteiger partial charge in [-0.25, -0.2) is 0 Å². The molecule has 0 aliphatic carbocycles. The van der Waals surface area contributed by atoms with E-state index in [0.717, 1.165) is 31.6 Å². The molecule has 6 heteroatoms. The number of unbranched alkanes of at least 4 members (excludes halogenated alkanes) is 2. The Hall–Kier alpha value is -1.80. The fourth-order valence-corrected chi connectivity index (χ4v) is 1.66. The van der Waals surface area contributed by atoms with Crippen LogP contribution in [0.5, 0.6) is 0 Å². The molecule has 1 N–H and O–H groups in total. The first-order chi connectivity index (χ1) is 8.31. The van der Waals surface area contributed by atoms with Gasteiger partial charge in [0.1, 0.15) is 17.3 Å². The van der Waals surface area contributed by atoms with Crippen LogP contribution in [0.1, 0.15) is 19.3 Å². The van der Waals surface area contributed by atoms with Gasteiger partial charge >= 0.3 is 0 Å². The molecule has 0 aromatic carbocycles. The van der Waals surface area contributed by atoms with Crippen molar-refractivity contribution >= 4 is 23.2 Å². The molecule has 2 heterocycles. The zero-order valence-electron chi connectivity index (χ0n) is 9.23. The Morgan fingerprint density at radius 1 is 1.47 bits per heavy atom. The molecule has 0 atom stereocenters. The van der Waals surface area contributed by atoms with Crippen LogP contribution in [0.2, 0.25) is 5.15 Å². The molecule has 0 saturated heterocycles. The molecule has 0 radical (unpaired) electrons. The zero-order chi connectivity index (χ0) is 12.1. The number of hydrogen-bond donors (Lipinski definition) is 1. The Labute approximate surface area is 104 Å². The summed E-state index contributed by atoms with van der Waals surface area (Å²) >= 11 is 5.88. The van der Waals surface area contributed by atoms with Gasteiger partial charge in [-0.2, -0.15) is 19.6 Å². The number of nitrogens with zero attached hydrogens (tertiary/aromatic N) is 4. The maximum Gasteiger partial charge on any atom is 0.255 e. The summed E-state index contributed by atoms with van der Waals surface area (Å²) in [5.74, 6) is 3.89. The first kappa shape index (κ1) is 11.7. The van der Waals surface area contributed by atoms with Crippen LogP contribution in [0.3, 0.4) is 0 Å². The molecule has 0 amide bonds. The van der Waals surface area contributed by atoms with Crippen LogP contribution in [-0.4, -0.2) is 26.1 Å². The van der Waals surface area contributed by atoms with Crippen LogP contribution in [0.15, 0.2) is 12.4 Å². The second-order valence-electron chi connectivity index (χ2n) is 3.52. The van der Waals surface area contributed by atoms with E-state index in [2.05, 4.69) is 26.3 Å². The minimum absolute atomic E-state index is 0.400. The molecule has 0 spiro atoms. The van der Waals surface area contributed by atoms with Crippen LogP contribution in [0, 0.1) is 12.3 Å². The van der Waals surface area contributed by atoms with Gasteiger partial charge in [-0.3, -0.25) is 0 Å². The van der Waals surface area contributed by atoms with Crippen molar-refractivity contribution in [1.29, 1.82) is 0 Å². The average molecular weight is 250 g/mol. The van der Waals surface area contributed by atoms with E-state index in [9.17, 15) is 0 Å². The molecule has 0 aliphatic heterocycles. The number of terminal acetylenes is 1. The molecule has 88 valence electrons. The number of anilines is 1. The molecular weight excluding hydrogens is 238 g/mol. The highest BCUT2D eigenvalue weighted by molar-refractivity contribution is 6.29. The number of hydrogen-bond acceptors (Lipinski definition) is 4. The lowest BCUT2D eigenvalue weighted by molar-refractivity contribution is 0.781. The molecule has 0 fully saturated rings. The maximum absolute atomic E-state index is 5.88. The summed E-state index contributed by atoms with van der Waals surface area (Å²) < 4.78 is 1.62. The van der Waals surface area contributed by atoms with Crippen molar-refractivity contribution in [2.24, 2.45) is 0 Å². The highest BCUT2D eigenvalue weighted by atomic mass is 35.5. The molecule has 0 saturated carbocycles. The smallest absolute Gasteiger partial charge is 0.255 e. The summed E-state index contributed by atoms with van der Waals surface area (Å²) in [7, 11) is 0. The summed E-state index contributed by atoms with van der Waals surface area (Å²) in [6.45, 7) is 0.816. The van der Waals surface area contributed by atoms with Crippen molar-refractivity contribution in [3.63, 3.8) is 0 Å². The van der Waals surface area contributed by atoms with Gasteiger partial charge in [0.15, 0.2) is 0 Å². The number of nitrogens with one attached hydrogen (secondary N) is 1. The summed E-state index contributed by atoms with van der Waals surface area (Å²) in [4.78, 5) is 8.03. The fraction of sp³-hybridized carbons (Fsp3) is 0.364. The number of halogens is 1. The highest BCUT2D eigenvalue weighted by Crippen LogP contribution is 2.14. The average Bonchev–Trinajstić information content (AvgIpc) is 2.76. The van der Waals surface area contributed by atoms with Gasteiger partial charge in [-0.15, -0.1) is 12.3 Å². The van der Waals surface area contributed by atoms with E-state index in [1.54, 1.807) is 10.6 Å². The minimum Gasteiger partial charge on any atom is -0.370 e. The lowest BCUT2D eigenvalue weighted by atomic mass is 10.2. The topological polar surface area (TPSA) is 55.1 Å². The van der Waals surface area contributed by atoms with E-state index < -0.39 is 0 Å². The molecule has 5 nitrogen and oxygen atoms in total. The van der Waals surface area contributed by atoms with E-state index in [1.165, 1.54) is 6.33 Å². The fourth-order valence-electron chi connectivity index (χ4n) is 1.48. The van der Waals surface area contributed by atoms with E-state index >= 15 is 0 Å². The summed E-state index contributed by atoms with van der Waals surface area (Å²) in [5, 5.41) is 7.70. The van der Waals surface area contributed by atoms with Gasteiger partial charge in [0, 0.05) is 19.0 Å². The second-order valence-corrected chi connectivity index (χ2v) is 3.91. The van der Waals surface area contributed by atoms with E-state index in [1.807, 2.05) is 0 Å². The monoisotopic (exact) mass is 249 g/mol. The Kier molecular flexibility index (Phi) is 3.78. The highest BCUT2D eigenvalue weighted by Gasteiger charge is 2.05. The van der Waals surface area contributed by atoms with Gasteiger partial charge in [0.25, 0.3) is 5.78 Å². The first-order valence-electron chi connectivity index (χ1n) is 5.35. The van der Waals surface area contributed by atoms with Crippen molar-refractivity contribution < 1.29 is 0 Å². The lowest BCUT2D eigenvalue weighted by Gasteiger charge is -2.07. The lowest BCUT2D eigenvalue weighted by Crippen LogP contribution is -2.07. The normalized spacial score (nSPS) is 10.4. The predicted molar refractivity (Wildman–Crippen MR) is 67.0 cm³/mol. The summed E-state index contributed by atoms with van der Waals surface area (Å²) in [6.07, 6.45) is 9.44. The Morgan fingerprint density at radius 2 is 2.35 bits per heavy atom. The molecule has 2 aromatic heterocycles. The van der Waals surface area contributed by atoms with Gasteiger partial charge in [0.05, 0.1) is 0 Å². The van der Waals surface area contributed by atoms with Crippen LogP contribution >= 0.6 is 11.6 Å². The van der Waals surface area contributed by atoms with Crippen molar-refractivity contribution in [3.05, 3.63) is 17.5 Å². The van der Waals surface area contributed by atoms with Gasteiger partial charge in [0.2, 0.25) is 0 Å². The molecule has 17 heavy (non-hydrogen) atoms. The summed E-state index contributed by atoms with van der Waals surface area (Å²) in [6, 6.07) is 1.73. The maximum atomic E-state index is 5.88. The molecule has 0 aliphatic rings. The van der Waals surface area contributed by atoms with Crippen molar-refractivity contribution in [2.45, 2.75) is 19.3 Å². The first-order valence-corrected chi connectivity index (χ1v) is 5.72. The Bertz CT molecular complexity index is 542. The number of fused-ring (bicyclic) bond motifs is 1. The van der Waals surface area contributed by atoms with Crippen LogP contribution in [0.4, 0.5) is 5.82 Å². The Balaban J connectivity index is 2.03. The number of aromatic nitrogens is 4. The second kappa shape index (κ2) is 5.51. The molecule has 2 rings (SSSR count). The third-order valence-electron chi connectivity index (χ3n) is 2.27. The largest absolute Gasteiger partial charge is 0.370 e. The third kappa shape index (κ3) is 2.86. The summed E-state index contributed by atoms with van der Waals surface area (Å²) in [5.41, 5.74) is 0.